The minimum absolute atomic E-state index is 0.0639. The number of sulfonamides is 1. The van der Waals surface area contributed by atoms with Gasteiger partial charge in [-0.1, -0.05) is 32.0 Å². The molecule has 0 saturated heterocycles. The maximum Gasteiger partial charge on any atom is 0.264 e. The second-order valence-corrected chi connectivity index (χ2v) is 8.26. The molecule has 1 atom stereocenters. The van der Waals surface area contributed by atoms with Gasteiger partial charge in [-0.05, 0) is 49.2 Å². The lowest BCUT2D eigenvalue weighted by Crippen LogP contribution is -2.45. The molecule has 0 bridgehead atoms. The standard InChI is InChI=1S/C19H23FN2O3S/c1-14(2)15(3)21-19(23)13-22(17-11-9-16(20)10-12-17)26(24,25)18-7-5-4-6-8-18/h4-12,14-15H,13H2,1-3H3,(H,21,23)/t15-/m1/s1. The number of benzene rings is 2. The second-order valence-electron chi connectivity index (χ2n) is 6.40. The summed E-state index contributed by atoms with van der Waals surface area (Å²) in [6.07, 6.45) is 0. The van der Waals surface area contributed by atoms with Crippen LogP contribution in [-0.4, -0.2) is 26.9 Å². The Kier molecular flexibility index (Phi) is 6.37. The number of rotatable bonds is 7. The average molecular weight is 378 g/mol. The minimum Gasteiger partial charge on any atom is -0.352 e. The Bertz CT molecular complexity index is 837. The van der Waals surface area contributed by atoms with Gasteiger partial charge in [0.05, 0.1) is 10.6 Å². The number of anilines is 1. The number of nitrogens with zero attached hydrogens (tertiary/aromatic N) is 1. The van der Waals surface area contributed by atoms with E-state index in [1.165, 1.54) is 24.3 Å². The van der Waals surface area contributed by atoms with Crippen LogP contribution >= 0.6 is 0 Å². The third-order valence-corrected chi connectivity index (χ3v) is 5.91. The summed E-state index contributed by atoms with van der Waals surface area (Å²) in [5.41, 5.74) is 0.225. The van der Waals surface area contributed by atoms with Crippen molar-refractivity contribution in [2.24, 2.45) is 5.92 Å². The highest BCUT2D eigenvalue weighted by atomic mass is 32.2. The van der Waals surface area contributed by atoms with Gasteiger partial charge in [-0.25, -0.2) is 12.8 Å². The minimum atomic E-state index is -3.97. The van der Waals surface area contributed by atoms with Crippen molar-refractivity contribution in [3.63, 3.8) is 0 Å². The van der Waals surface area contributed by atoms with Crippen molar-refractivity contribution < 1.29 is 17.6 Å². The van der Waals surface area contributed by atoms with Crippen LogP contribution < -0.4 is 9.62 Å². The summed E-state index contributed by atoms with van der Waals surface area (Å²) in [7, 11) is -3.97. The van der Waals surface area contributed by atoms with Crippen LogP contribution in [0.3, 0.4) is 0 Å². The highest BCUT2D eigenvalue weighted by Crippen LogP contribution is 2.23. The number of nitrogens with one attached hydrogen (secondary N) is 1. The quantitative estimate of drug-likeness (QED) is 0.805. The Morgan fingerprint density at radius 1 is 1.04 bits per heavy atom. The Morgan fingerprint density at radius 3 is 2.15 bits per heavy atom. The van der Waals surface area contributed by atoms with E-state index in [0.717, 1.165) is 16.4 Å². The molecule has 26 heavy (non-hydrogen) atoms. The Morgan fingerprint density at radius 2 is 1.62 bits per heavy atom. The number of hydrogen-bond donors (Lipinski definition) is 1. The van der Waals surface area contributed by atoms with Crippen LogP contribution in [0.15, 0.2) is 59.5 Å². The maximum atomic E-state index is 13.2. The SMILES string of the molecule is CC(C)[C@@H](C)NC(=O)CN(c1ccc(F)cc1)S(=O)(=O)c1ccccc1. The lowest BCUT2D eigenvalue weighted by atomic mass is 10.1. The topological polar surface area (TPSA) is 66.5 Å². The zero-order valence-corrected chi connectivity index (χ0v) is 15.8. The highest BCUT2D eigenvalue weighted by molar-refractivity contribution is 7.92. The fourth-order valence-corrected chi connectivity index (χ4v) is 3.68. The largest absolute Gasteiger partial charge is 0.352 e. The summed E-state index contributed by atoms with van der Waals surface area (Å²) in [5, 5.41) is 2.80. The molecule has 0 aliphatic rings. The molecule has 0 aliphatic heterocycles. The molecular weight excluding hydrogens is 355 g/mol. The molecule has 2 rings (SSSR count). The average Bonchev–Trinajstić information content (AvgIpc) is 2.61. The van der Waals surface area contributed by atoms with Crippen LogP contribution in [0.2, 0.25) is 0 Å². The van der Waals surface area contributed by atoms with Crippen LogP contribution in [0.1, 0.15) is 20.8 Å². The van der Waals surface area contributed by atoms with Crippen LogP contribution in [-0.2, 0) is 14.8 Å². The summed E-state index contributed by atoms with van der Waals surface area (Å²) in [6, 6.07) is 12.8. The molecule has 1 N–H and O–H groups in total. The number of halogens is 1. The molecule has 1 amide bonds. The first-order chi connectivity index (χ1) is 12.2. The lowest BCUT2D eigenvalue weighted by Gasteiger charge is -2.25. The van der Waals surface area contributed by atoms with Gasteiger partial charge < -0.3 is 5.32 Å². The number of hydrogen-bond acceptors (Lipinski definition) is 3. The number of carbonyl (C=O) groups excluding carboxylic acids is 1. The summed E-state index contributed by atoms with van der Waals surface area (Å²) < 4.78 is 40.3. The van der Waals surface area contributed by atoms with Gasteiger partial charge >= 0.3 is 0 Å². The summed E-state index contributed by atoms with van der Waals surface area (Å²) in [6.45, 7) is 5.39. The van der Waals surface area contributed by atoms with Gasteiger partial charge in [-0.2, -0.15) is 0 Å². The first-order valence-electron chi connectivity index (χ1n) is 8.34. The Balaban J connectivity index is 2.37. The fraction of sp³-hybridized carbons (Fsp3) is 0.316. The van der Waals surface area contributed by atoms with E-state index in [2.05, 4.69) is 5.32 Å². The molecule has 0 heterocycles. The molecule has 0 spiro atoms. The van der Waals surface area contributed by atoms with Crippen LogP contribution in [0.4, 0.5) is 10.1 Å². The summed E-state index contributed by atoms with van der Waals surface area (Å²) in [5.74, 6) is -0.692. The first-order valence-corrected chi connectivity index (χ1v) is 9.78. The van der Waals surface area contributed by atoms with Crippen molar-refractivity contribution in [1.29, 1.82) is 0 Å². The van der Waals surface area contributed by atoms with E-state index < -0.39 is 21.7 Å². The van der Waals surface area contributed by atoms with Crippen LogP contribution in [0, 0.1) is 11.7 Å². The predicted molar refractivity (Wildman–Crippen MR) is 99.8 cm³/mol. The molecule has 5 nitrogen and oxygen atoms in total. The van der Waals surface area contributed by atoms with Crippen molar-refractivity contribution in [3.05, 3.63) is 60.4 Å². The third kappa shape index (κ3) is 4.82. The van der Waals surface area contributed by atoms with Gasteiger partial charge in [-0.15, -0.1) is 0 Å². The van der Waals surface area contributed by atoms with E-state index in [-0.39, 0.29) is 29.1 Å². The first kappa shape index (κ1) is 19.9. The molecule has 0 aliphatic carbocycles. The maximum absolute atomic E-state index is 13.2. The van der Waals surface area contributed by atoms with E-state index in [9.17, 15) is 17.6 Å². The second kappa shape index (κ2) is 8.31. The molecule has 0 fully saturated rings. The van der Waals surface area contributed by atoms with Crippen molar-refractivity contribution in [3.8, 4) is 0 Å². The van der Waals surface area contributed by atoms with Crippen LogP contribution in [0.25, 0.3) is 0 Å². The Hall–Kier alpha value is -2.41. The molecule has 0 unspecified atom stereocenters. The summed E-state index contributed by atoms with van der Waals surface area (Å²) in [4.78, 5) is 12.5. The molecule has 140 valence electrons. The zero-order chi connectivity index (χ0) is 19.3. The van der Waals surface area contributed by atoms with Crippen molar-refractivity contribution in [1.82, 2.24) is 5.32 Å². The molecule has 0 radical (unpaired) electrons. The van der Waals surface area contributed by atoms with E-state index in [0.29, 0.717) is 0 Å². The smallest absolute Gasteiger partial charge is 0.264 e. The van der Waals surface area contributed by atoms with E-state index in [1.807, 2.05) is 20.8 Å². The van der Waals surface area contributed by atoms with E-state index >= 15 is 0 Å². The van der Waals surface area contributed by atoms with Crippen molar-refractivity contribution in [2.75, 3.05) is 10.8 Å². The molecule has 0 aromatic heterocycles. The normalized spacial score (nSPS) is 12.7. The molecule has 0 saturated carbocycles. The summed E-state index contributed by atoms with van der Waals surface area (Å²) >= 11 is 0. The third-order valence-electron chi connectivity index (χ3n) is 4.12. The van der Waals surface area contributed by atoms with Gasteiger partial charge in [0.25, 0.3) is 10.0 Å². The van der Waals surface area contributed by atoms with E-state index in [4.69, 9.17) is 0 Å². The molecule has 7 heteroatoms. The predicted octanol–water partition coefficient (Wildman–Crippen LogP) is 3.18. The van der Waals surface area contributed by atoms with Gasteiger partial charge in [-0.3, -0.25) is 9.10 Å². The van der Waals surface area contributed by atoms with Gasteiger partial charge in [0.15, 0.2) is 0 Å². The van der Waals surface area contributed by atoms with Gasteiger partial charge in [0.1, 0.15) is 12.4 Å². The lowest BCUT2D eigenvalue weighted by molar-refractivity contribution is -0.120. The van der Waals surface area contributed by atoms with Gasteiger partial charge in [0.2, 0.25) is 5.91 Å². The molecular formula is C19H23FN2O3S. The van der Waals surface area contributed by atoms with Gasteiger partial charge in [0, 0.05) is 6.04 Å². The molecule has 2 aromatic rings. The van der Waals surface area contributed by atoms with Crippen molar-refractivity contribution in [2.45, 2.75) is 31.7 Å². The zero-order valence-electron chi connectivity index (χ0n) is 15.0. The van der Waals surface area contributed by atoms with E-state index in [1.54, 1.807) is 18.2 Å². The number of amides is 1. The van der Waals surface area contributed by atoms with Crippen molar-refractivity contribution >= 4 is 21.6 Å². The Labute approximate surface area is 153 Å². The number of carbonyl (C=O) groups is 1. The molecule has 2 aromatic carbocycles. The van der Waals surface area contributed by atoms with Crippen LogP contribution in [0.5, 0.6) is 0 Å². The highest BCUT2D eigenvalue weighted by Gasteiger charge is 2.27. The fourth-order valence-electron chi connectivity index (χ4n) is 2.24. The monoisotopic (exact) mass is 378 g/mol.